The van der Waals surface area contributed by atoms with Gasteiger partial charge < -0.3 is 0 Å². The summed E-state index contributed by atoms with van der Waals surface area (Å²) in [6.45, 7) is 1.90. The average Bonchev–Trinajstić information content (AvgIpc) is 2.39. The highest BCUT2D eigenvalue weighted by Crippen LogP contribution is 2.25. The summed E-state index contributed by atoms with van der Waals surface area (Å²) in [5, 5.41) is 0. The van der Waals surface area contributed by atoms with Gasteiger partial charge in [0.2, 0.25) is 0 Å². The molecule has 0 amide bonds. The van der Waals surface area contributed by atoms with Gasteiger partial charge in [-0.1, -0.05) is 36.4 Å². The molecular weight excluding hydrogens is 224 g/mol. The van der Waals surface area contributed by atoms with Crippen molar-refractivity contribution in [2.24, 2.45) is 15.9 Å². The molecule has 2 heterocycles. The summed E-state index contributed by atoms with van der Waals surface area (Å²) in [5.74, 6) is 0.342. The first-order valence-corrected chi connectivity index (χ1v) is 5.87. The number of carbonyl (C=O) groups is 1. The molecule has 88 valence electrons. The summed E-state index contributed by atoms with van der Waals surface area (Å²) < 4.78 is 0. The van der Waals surface area contributed by atoms with E-state index < -0.39 is 0 Å². The summed E-state index contributed by atoms with van der Waals surface area (Å²) in [6, 6.07) is 9.69. The molecule has 0 bridgehead atoms. The van der Waals surface area contributed by atoms with Crippen LogP contribution in [0.15, 0.2) is 58.5 Å². The molecule has 0 fully saturated rings. The number of nitrogens with zero attached hydrogens (tertiary/aromatic N) is 2. The van der Waals surface area contributed by atoms with Crippen LogP contribution in [0.25, 0.3) is 5.70 Å². The van der Waals surface area contributed by atoms with Gasteiger partial charge in [-0.3, -0.25) is 4.79 Å². The maximum atomic E-state index is 12.0. The number of dihydropyridines is 1. The van der Waals surface area contributed by atoms with Gasteiger partial charge in [0, 0.05) is 17.4 Å². The van der Waals surface area contributed by atoms with Gasteiger partial charge >= 0.3 is 0 Å². The molecule has 0 N–H and O–H groups in total. The van der Waals surface area contributed by atoms with E-state index in [0.29, 0.717) is 11.5 Å². The van der Waals surface area contributed by atoms with Crippen LogP contribution in [-0.4, -0.2) is 17.3 Å². The first-order chi connectivity index (χ1) is 8.74. The first-order valence-electron chi connectivity index (χ1n) is 5.87. The third-order valence-electron chi connectivity index (χ3n) is 2.99. The first kappa shape index (κ1) is 10.8. The van der Waals surface area contributed by atoms with E-state index in [1.54, 1.807) is 6.08 Å². The molecular formula is C15H12N2O. The predicted octanol–water partition coefficient (Wildman–Crippen LogP) is 2.66. The zero-order valence-electron chi connectivity index (χ0n) is 10.00. The fourth-order valence-corrected chi connectivity index (χ4v) is 2.06. The smallest absolute Gasteiger partial charge is 0.172 e. The molecule has 1 aromatic carbocycles. The van der Waals surface area contributed by atoms with E-state index >= 15 is 0 Å². The van der Waals surface area contributed by atoms with Crippen LogP contribution < -0.4 is 0 Å². The third kappa shape index (κ3) is 1.84. The van der Waals surface area contributed by atoms with Crippen LogP contribution in [0.4, 0.5) is 0 Å². The zero-order chi connectivity index (χ0) is 12.5. The van der Waals surface area contributed by atoms with Crippen LogP contribution in [0.3, 0.4) is 0 Å². The summed E-state index contributed by atoms with van der Waals surface area (Å²) >= 11 is 0. The summed E-state index contributed by atoms with van der Waals surface area (Å²) in [5.41, 5.74) is 2.52. The fourth-order valence-electron chi connectivity index (χ4n) is 2.06. The van der Waals surface area contributed by atoms with Crippen LogP contribution >= 0.6 is 0 Å². The Labute approximate surface area is 105 Å². The number of hydrogen-bond donors (Lipinski definition) is 0. The standard InChI is InChI=1S/C15H12N2O/c1-10-7-8-12-14(18)9-13(17-15(12)16-10)11-5-3-2-4-6-11/h2-9,12H,1H3. The molecule has 2 aliphatic heterocycles. The van der Waals surface area contributed by atoms with Gasteiger partial charge in [0.15, 0.2) is 5.78 Å². The lowest BCUT2D eigenvalue weighted by Gasteiger charge is -2.19. The minimum Gasteiger partial charge on any atom is -0.294 e. The number of ketones is 1. The average molecular weight is 236 g/mol. The van der Waals surface area contributed by atoms with Crippen molar-refractivity contribution in [1.82, 2.24) is 0 Å². The van der Waals surface area contributed by atoms with E-state index in [0.717, 1.165) is 11.3 Å². The lowest BCUT2D eigenvalue weighted by atomic mass is 9.95. The van der Waals surface area contributed by atoms with E-state index in [4.69, 9.17) is 0 Å². The number of benzene rings is 1. The highest BCUT2D eigenvalue weighted by atomic mass is 16.1. The number of aliphatic imine (C=N–C) groups is 2. The van der Waals surface area contributed by atoms with Crippen molar-refractivity contribution < 1.29 is 4.79 Å². The van der Waals surface area contributed by atoms with Gasteiger partial charge in [-0.15, -0.1) is 0 Å². The van der Waals surface area contributed by atoms with Crippen molar-refractivity contribution in [2.75, 3.05) is 0 Å². The Kier molecular flexibility index (Phi) is 2.52. The minimum absolute atomic E-state index is 0.0475. The van der Waals surface area contributed by atoms with Crippen LogP contribution in [-0.2, 0) is 4.79 Å². The molecule has 0 saturated heterocycles. The molecule has 3 nitrogen and oxygen atoms in total. The Bertz CT molecular complexity index is 621. The van der Waals surface area contributed by atoms with Crippen LogP contribution in [0.2, 0.25) is 0 Å². The fraction of sp³-hybridized carbons (Fsp3) is 0.133. The van der Waals surface area contributed by atoms with E-state index in [2.05, 4.69) is 9.98 Å². The highest BCUT2D eigenvalue weighted by molar-refractivity contribution is 6.21. The summed E-state index contributed by atoms with van der Waals surface area (Å²) in [6.07, 6.45) is 5.33. The molecule has 3 rings (SSSR count). The molecule has 0 aromatic heterocycles. The second-order valence-electron chi connectivity index (χ2n) is 4.36. The molecule has 0 aliphatic carbocycles. The number of hydrogen-bond acceptors (Lipinski definition) is 3. The van der Waals surface area contributed by atoms with Gasteiger partial charge in [0.1, 0.15) is 11.8 Å². The Morgan fingerprint density at radius 2 is 1.89 bits per heavy atom. The molecule has 0 saturated carbocycles. The highest BCUT2D eigenvalue weighted by Gasteiger charge is 2.27. The second kappa shape index (κ2) is 4.18. The normalized spacial score (nSPS) is 21.9. The van der Waals surface area contributed by atoms with E-state index in [1.165, 1.54) is 0 Å². The van der Waals surface area contributed by atoms with Crippen LogP contribution in [0.1, 0.15) is 12.5 Å². The molecule has 1 atom stereocenters. The monoisotopic (exact) mass is 236 g/mol. The maximum Gasteiger partial charge on any atom is 0.172 e. The van der Waals surface area contributed by atoms with Crippen molar-refractivity contribution in [3.8, 4) is 0 Å². The Morgan fingerprint density at radius 3 is 2.67 bits per heavy atom. The Morgan fingerprint density at radius 1 is 1.11 bits per heavy atom. The van der Waals surface area contributed by atoms with Crippen molar-refractivity contribution >= 4 is 23.0 Å². The number of carbonyl (C=O) groups excluding carboxylic acids is 1. The predicted molar refractivity (Wildman–Crippen MR) is 72.6 cm³/mol. The van der Waals surface area contributed by atoms with Crippen LogP contribution in [0.5, 0.6) is 0 Å². The Hall–Kier alpha value is -2.29. The molecule has 3 heteroatoms. The summed E-state index contributed by atoms with van der Waals surface area (Å²) in [4.78, 5) is 20.9. The van der Waals surface area contributed by atoms with Gasteiger partial charge in [0.25, 0.3) is 0 Å². The van der Waals surface area contributed by atoms with Crippen molar-refractivity contribution in [2.45, 2.75) is 6.92 Å². The topological polar surface area (TPSA) is 41.8 Å². The maximum absolute atomic E-state index is 12.0. The third-order valence-corrected chi connectivity index (χ3v) is 2.99. The van der Waals surface area contributed by atoms with Crippen LogP contribution in [0, 0.1) is 5.92 Å². The molecule has 0 spiro atoms. The number of amidine groups is 1. The largest absolute Gasteiger partial charge is 0.294 e. The lowest BCUT2D eigenvalue weighted by molar-refractivity contribution is -0.115. The van der Waals surface area contributed by atoms with Gasteiger partial charge in [-0.05, 0) is 13.0 Å². The number of allylic oxidation sites excluding steroid dienone is 2. The summed E-state index contributed by atoms with van der Waals surface area (Å²) in [7, 11) is 0. The van der Waals surface area contributed by atoms with Crippen molar-refractivity contribution in [1.29, 1.82) is 0 Å². The molecule has 1 aromatic rings. The lowest BCUT2D eigenvalue weighted by Crippen LogP contribution is -2.26. The molecule has 18 heavy (non-hydrogen) atoms. The second-order valence-corrected chi connectivity index (χ2v) is 4.36. The quantitative estimate of drug-likeness (QED) is 0.739. The van der Waals surface area contributed by atoms with Crippen molar-refractivity contribution in [3.63, 3.8) is 0 Å². The van der Waals surface area contributed by atoms with Gasteiger partial charge in [-0.2, -0.15) is 0 Å². The van der Waals surface area contributed by atoms with E-state index in [1.807, 2.05) is 49.4 Å². The Balaban J connectivity index is 2.05. The van der Waals surface area contributed by atoms with Gasteiger partial charge in [0.05, 0.1) is 5.70 Å². The minimum atomic E-state index is -0.304. The van der Waals surface area contributed by atoms with Gasteiger partial charge in [-0.25, -0.2) is 9.98 Å². The van der Waals surface area contributed by atoms with Crippen molar-refractivity contribution in [3.05, 3.63) is 54.1 Å². The molecule has 1 unspecified atom stereocenters. The SMILES string of the molecule is CC1=NC2=NC(c3ccccc3)=CC(=O)C2C=C1. The van der Waals surface area contributed by atoms with E-state index in [9.17, 15) is 4.79 Å². The zero-order valence-corrected chi connectivity index (χ0v) is 10.00. The molecule has 0 radical (unpaired) electrons. The number of fused-ring (bicyclic) bond motifs is 1. The van der Waals surface area contributed by atoms with E-state index in [-0.39, 0.29) is 11.7 Å². The molecule has 2 aliphatic rings. The number of rotatable bonds is 1.